The van der Waals surface area contributed by atoms with E-state index in [1.165, 1.54) is 28.9 Å². The Kier molecular flexibility index (Phi) is 4.79. The molecule has 1 heterocycles. The van der Waals surface area contributed by atoms with Crippen molar-refractivity contribution in [1.82, 2.24) is 0 Å². The fourth-order valence-electron chi connectivity index (χ4n) is 3.76. The molecule has 0 radical (unpaired) electrons. The summed E-state index contributed by atoms with van der Waals surface area (Å²) in [6, 6.07) is 6.34. The standard InChI is InChI=1S/C18H26N2O2/c1-13-11-20(12-14(2)22-13)9-8-18(21)19-17-7-6-15-4-3-5-16(15)10-17/h6-7,10,13-14H,3-5,8-9,11-12H2,1-2H3,(H,19,21)/p+1/t13-,14-/m0/s1. The lowest BCUT2D eigenvalue weighted by molar-refractivity contribution is -0.914. The number of rotatable bonds is 4. The number of aryl methyl sites for hydroxylation is 2. The second-order valence-corrected chi connectivity index (χ2v) is 6.80. The highest BCUT2D eigenvalue weighted by Gasteiger charge is 2.25. The number of amides is 1. The van der Waals surface area contributed by atoms with E-state index in [1.54, 1.807) is 0 Å². The van der Waals surface area contributed by atoms with E-state index >= 15 is 0 Å². The van der Waals surface area contributed by atoms with Gasteiger partial charge in [-0.3, -0.25) is 4.79 Å². The van der Waals surface area contributed by atoms with Gasteiger partial charge in [-0.05, 0) is 56.4 Å². The molecule has 0 spiro atoms. The van der Waals surface area contributed by atoms with Crippen LogP contribution in [0, 0.1) is 0 Å². The molecule has 1 saturated heterocycles. The Balaban J connectivity index is 1.48. The molecule has 1 fully saturated rings. The minimum atomic E-state index is 0.122. The van der Waals surface area contributed by atoms with Crippen molar-refractivity contribution in [3.8, 4) is 0 Å². The molecule has 2 atom stereocenters. The SMILES string of the molecule is C[C@H]1C[NH+](CCC(=O)Nc2ccc3c(c2)CCC3)C[C@H](C)O1. The van der Waals surface area contributed by atoms with E-state index < -0.39 is 0 Å². The summed E-state index contributed by atoms with van der Waals surface area (Å²) in [6.07, 6.45) is 4.72. The number of carbonyl (C=O) groups excluding carboxylic acids is 1. The topological polar surface area (TPSA) is 42.8 Å². The first-order valence-electron chi connectivity index (χ1n) is 8.51. The van der Waals surface area contributed by atoms with Crippen LogP contribution in [0.15, 0.2) is 18.2 Å². The molecule has 1 aromatic rings. The van der Waals surface area contributed by atoms with Gasteiger partial charge in [0.1, 0.15) is 25.3 Å². The highest BCUT2D eigenvalue weighted by molar-refractivity contribution is 5.90. The Morgan fingerprint density at radius 2 is 1.95 bits per heavy atom. The zero-order valence-corrected chi connectivity index (χ0v) is 13.7. The molecule has 1 aromatic carbocycles. The maximum Gasteiger partial charge on any atom is 0.230 e. The van der Waals surface area contributed by atoms with Gasteiger partial charge in [-0.25, -0.2) is 0 Å². The van der Waals surface area contributed by atoms with Crippen LogP contribution in [0.1, 0.15) is 37.8 Å². The van der Waals surface area contributed by atoms with Crippen molar-refractivity contribution in [2.24, 2.45) is 0 Å². The summed E-state index contributed by atoms with van der Waals surface area (Å²) in [5.74, 6) is 0.122. The van der Waals surface area contributed by atoms with Crippen LogP contribution in [-0.4, -0.2) is 37.7 Å². The second kappa shape index (κ2) is 6.80. The number of hydrogen-bond acceptors (Lipinski definition) is 2. The second-order valence-electron chi connectivity index (χ2n) is 6.80. The third-order valence-corrected chi connectivity index (χ3v) is 4.70. The Morgan fingerprint density at radius 3 is 2.73 bits per heavy atom. The highest BCUT2D eigenvalue weighted by Crippen LogP contribution is 2.24. The van der Waals surface area contributed by atoms with Crippen LogP contribution < -0.4 is 10.2 Å². The molecule has 0 unspecified atom stereocenters. The van der Waals surface area contributed by atoms with Gasteiger partial charge in [-0.2, -0.15) is 0 Å². The number of quaternary nitrogens is 1. The Bertz CT molecular complexity index is 534. The average Bonchev–Trinajstić information content (AvgIpc) is 2.92. The summed E-state index contributed by atoms with van der Waals surface area (Å²) in [5.41, 5.74) is 3.79. The van der Waals surface area contributed by atoms with Gasteiger partial charge in [-0.15, -0.1) is 0 Å². The van der Waals surface area contributed by atoms with Gasteiger partial charge in [0.05, 0.1) is 13.0 Å². The van der Waals surface area contributed by atoms with Gasteiger partial charge >= 0.3 is 0 Å². The van der Waals surface area contributed by atoms with E-state index in [0.29, 0.717) is 18.6 Å². The van der Waals surface area contributed by atoms with E-state index in [1.807, 2.05) is 6.07 Å². The van der Waals surface area contributed by atoms with Gasteiger partial charge in [0, 0.05) is 5.69 Å². The average molecular weight is 303 g/mol. The van der Waals surface area contributed by atoms with Crippen LogP contribution >= 0.6 is 0 Å². The number of benzene rings is 1. The number of fused-ring (bicyclic) bond motifs is 1. The molecule has 4 nitrogen and oxygen atoms in total. The van der Waals surface area contributed by atoms with Crippen LogP contribution in [0.4, 0.5) is 5.69 Å². The molecule has 0 saturated carbocycles. The first kappa shape index (κ1) is 15.5. The predicted molar refractivity (Wildman–Crippen MR) is 87.3 cm³/mol. The Labute approximate surface area is 132 Å². The van der Waals surface area contributed by atoms with E-state index in [4.69, 9.17) is 4.74 Å². The maximum atomic E-state index is 12.2. The van der Waals surface area contributed by atoms with Crippen molar-refractivity contribution in [2.45, 2.75) is 51.7 Å². The largest absolute Gasteiger partial charge is 0.364 e. The van der Waals surface area contributed by atoms with Crippen LogP contribution in [0.5, 0.6) is 0 Å². The third kappa shape index (κ3) is 3.87. The van der Waals surface area contributed by atoms with Crippen molar-refractivity contribution in [3.63, 3.8) is 0 Å². The predicted octanol–water partition coefficient (Wildman–Crippen LogP) is 1.20. The van der Waals surface area contributed by atoms with Crippen LogP contribution in [0.3, 0.4) is 0 Å². The van der Waals surface area contributed by atoms with Gasteiger partial charge in [0.25, 0.3) is 0 Å². The molecule has 1 aliphatic heterocycles. The molecule has 120 valence electrons. The van der Waals surface area contributed by atoms with Crippen molar-refractivity contribution in [2.75, 3.05) is 25.0 Å². The smallest absolute Gasteiger partial charge is 0.230 e. The molecular weight excluding hydrogens is 276 g/mol. The number of morpholine rings is 1. The highest BCUT2D eigenvalue weighted by atomic mass is 16.5. The fraction of sp³-hybridized carbons (Fsp3) is 0.611. The van der Waals surface area contributed by atoms with Crippen LogP contribution in [0.25, 0.3) is 0 Å². The molecule has 4 heteroatoms. The summed E-state index contributed by atoms with van der Waals surface area (Å²) in [6.45, 7) is 7.10. The molecular formula is C18H27N2O2+. The minimum Gasteiger partial charge on any atom is -0.364 e. The van der Waals surface area contributed by atoms with Gasteiger partial charge in [0.2, 0.25) is 5.91 Å². The Hall–Kier alpha value is -1.39. The first-order valence-corrected chi connectivity index (χ1v) is 8.51. The molecule has 22 heavy (non-hydrogen) atoms. The quantitative estimate of drug-likeness (QED) is 0.878. The van der Waals surface area contributed by atoms with Crippen molar-refractivity contribution in [3.05, 3.63) is 29.3 Å². The lowest BCUT2D eigenvalue weighted by Gasteiger charge is -2.32. The van der Waals surface area contributed by atoms with E-state index in [0.717, 1.165) is 31.7 Å². The first-order chi connectivity index (χ1) is 10.6. The zero-order chi connectivity index (χ0) is 15.5. The number of carbonyl (C=O) groups is 1. The van der Waals surface area contributed by atoms with Gasteiger partial charge < -0.3 is 15.0 Å². The molecule has 1 amide bonds. The Morgan fingerprint density at radius 1 is 1.23 bits per heavy atom. The maximum absolute atomic E-state index is 12.2. The fourth-order valence-corrected chi connectivity index (χ4v) is 3.76. The molecule has 0 bridgehead atoms. The minimum absolute atomic E-state index is 0.122. The van der Waals surface area contributed by atoms with Crippen LogP contribution in [0.2, 0.25) is 0 Å². The summed E-state index contributed by atoms with van der Waals surface area (Å²) in [5, 5.41) is 3.05. The van der Waals surface area contributed by atoms with E-state index in [-0.39, 0.29) is 5.91 Å². The molecule has 2 aliphatic rings. The summed E-state index contributed by atoms with van der Waals surface area (Å²) in [7, 11) is 0. The normalized spacial score (nSPS) is 27.5. The summed E-state index contributed by atoms with van der Waals surface area (Å²) < 4.78 is 5.74. The van der Waals surface area contributed by atoms with E-state index in [9.17, 15) is 4.79 Å². The lowest BCUT2D eigenvalue weighted by atomic mass is 10.1. The number of nitrogens with one attached hydrogen (secondary N) is 2. The van der Waals surface area contributed by atoms with E-state index in [2.05, 4.69) is 31.3 Å². The number of hydrogen-bond donors (Lipinski definition) is 2. The van der Waals surface area contributed by atoms with Gasteiger partial charge in [0.15, 0.2) is 0 Å². The third-order valence-electron chi connectivity index (χ3n) is 4.70. The summed E-state index contributed by atoms with van der Waals surface area (Å²) >= 11 is 0. The van der Waals surface area contributed by atoms with Crippen molar-refractivity contribution in [1.29, 1.82) is 0 Å². The van der Waals surface area contributed by atoms with Crippen molar-refractivity contribution >= 4 is 11.6 Å². The number of ether oxygens (including phenoxy) is 1. The van der Waals surface area contributed by atoms with Crippen LogP contribution in [-0.2, 0) is 22.4 Å². The lowest BCUT2D eigenvalue weighted by Crippen LogP contribution is -3.15. The molecule has 0 aromatic heterocycles. The van der Waals surface area contributed by atoms with Crippen molar-refractivity contribution < 1.29 is 14.4 Å². The molecule has 1 aliphatic carbocycles. The zero-order valence-electron chi connectivity index (χ0n) is 13.7. The summed E-state index contributed by atoms with van der Waals surface area (Å²) in [4.78, 5) is 13.6. The number of anilines is 1. The van der Waals surface area contributed by atoms with Gasteiger partial charge in [-0.1, -0.05) is 6.07 Å². The monoisotopic (exact) mass is 303 g/mol. The molecule has 3 rings (SSSR count). The molecule has 2 N–H and O–H groups in total.